The SMILES string of the molecule is CC(=O)OC[C@H](C)C(C)(C)O[Si](C)(C)C. The molecule has 0 aliphatic rings. The van der Waals surface area contributed by atoms with Crippen LogP contribution < -0.4 is 0 Å². The van der Waals surface area contributed by atoms with Crippen LogP contribution >= 0.6 is 0 Å². The summed E-state index contributed by atoms with van der Waals surface area (Å²) in [4.78, 5) is 10.7. The lowest BCUT2D eigenvalue weighted by Crippen LogP contribution is -2.44. The second-order valence-corrected chi connectivity index (χ2v) is 9.95. The van der Waals surface area contributed by atoms with Gasteiger partial charge in [0.25, 0.3) is 0 Å². The molecule has 90 valence electrons. The van der Waals surface area contributed by atoms with Gasteiger partial charge in [0.1, 0.15) is 0 Å². The van der Waals surface area contributed by atoms with Crippen molar-refractivity contribution in [3.05, 3.63) is 0 Å². The fourth-order valence-electron chi connectivity index (χ4n) is 1.33. The van der Waals surface area contributed by atoms with Crippen LogP contribution in [0.1, 0.15) is 27.7 Å². The molecule has 0 amide bonds. The summed E-state index contributed by atoms with van der Waals surface area (Å²) in [6.07, 6.45) is 0. The number of hydrogen-bond acceptors (Lipinski definition) is 3. The Morgan fingerprint density at radius 2 is 1.80 bits per heavy atom. The largest absolute Gasteiger partial charge is 0.465 e. The normalized spacial score (nSPS) is 14.9. The van der Waals surface area contributed by atoms with E-state index >= 15 is 0 Å². The fourth-order valence-corrected chi connectivity index (χ4v) is 3.11. The van der Waals surface area contributed by atoms with Gasteiger partial charge in [-0.1, -0.05) is 6.92 Å². The lowest BCUT2D eigenvalue weighted by Gasteiger charge is -2.37. The van der Waals surface area contributed by atoms with Crippen LogP contribution in [0.4, 0.5) is 0 Å². The molecule has 15 heavy (non-hydrogen) atoms. The highest BCUT2D eigenvalue weighted by molar-refractivity contribution is 6.69. The van der Waals surface area contributed by atoms with E-state index < -0.39 is 8.32 Å². The Bertz CT molecular complexity index is 218. The zero-order valence-corrected chi connectivity index (χ0v) is 12.0. The molecule has 1 atom stereocenters. The summed E-state index contributed by atoms with van der Waals surface area (Å²) in [6, 6.07) is 0. The first-order chi connectivity index (χ1) is 6.54. The summed E-state index contributed by atoms with van der Waals surface area (Å²) >= 11 is 0. The molecule has 0 radical (unpaired) electrons. The van der Waals surface area contributed by atoms with Crippen molar-refractivity contribution in [2.45, 2.75) is 52.9 Å². The molecule has 0 saturated carbocycles. The van der Waals surface area contributed by atoms with E-state index in [1.807, 2.05) is 6.92 Å². The molecule has 4 heteroatoms. The van der Waals surface area contributed by atoms with Crippen LogP contribution in [-0.4, -0.2) is 26.5 Å². The third kappa shape index (κ3) is 6.68. The summed E-state index contributed by atoms with van der Waals surface area (Å²) in [5.74, 6) is -0.0289. The average molecular weight is 232 g/mol. The van der Waals surface area contributed by atoms with Crippen molar-refractivity contribution in [1.29, 1.82) is 0 Å². The zero-order valence-electron chi connectivity index (χ0n) is 11.0. The van der Waals surface area contributed by atoms with E-state index in [1.165, 1.54) is 6.92 Å². The predicted octanol–water partition coefficient (Wildman–Crippen LogP) is 2.82. The van der Waals surface area contributed by atoms with E-state index in [9.17, 15) is 4.79 Å². The van der Waals surface area contributed by atoms with Crippen molar-refractivity contribution in [3.8, 4) is 0 Å². The molecule has 0 fully saturated rings. The van der Waals surface area contributed by atoms with Crippen LogP contribution in [-0.2, 0) is 14.0 Å². The van der Waals surface area contributed by atoms with E-state index in [0.29, 0.717) is 6.61 Å². The van der Waals surface area contributed by atoms with Crippen molar-refractivity contribution >= 4 is 14.3 Å². The van der Waals surface area contributed by atoms with Gasteiger partial charge in [0.05, 0.1) is 12.2 Å². The minimum Gasteiger partial charge on any atom is -0.465 e. The van der Waals surface area contributed by atoms with E-state index in [1.54, 1.807) is 0 Å². The molecule has 0 aliphatic heterocycles. The van der Waals surface area contributed by atoms with Gasteiger partial charge in [-0.15, -0.1) is 0 Å². The summed E-state index contributed by atoms with van der Waals surface area (Å²) in [5, 5.41) is 0. The molecule has 0 aromatic heterocycles. The van der Waals surface area contributed by atoms with Crippen LogP contribution in [0, 0.1) is 5.92 Å². The molecule has 0 bridgehead atoms. The van der Waals surface area contributed by atoms with Gasteiger partial charge in [0.15, 0.2) is 8.32 Å². The molecular formula is C11H24O3Si. The zero-order chi connectivity index (χ0) is 12.3. The molecular weight excluding hydrogens is 208 g/mol. The van der Waals surface area contributed by atoms with Crippen molar-refractivity contribution < 1.29 is 14.0 Å². The molecule has 0 saturated heterocycles. The monoisotopic (exact) mass is 232 g/mol. The number of carbonyl (C=O) groups is 1. The highest BCUT2D eigenvalue weighted by Gasteiger charge is 2.32. The molecule has 0 rings (SSSR count). The number of ether oxygens (including phenoxy) is 1. The molecule has 3 nitrogen and oxygen atoms in total. The van der Waals surface area contributed by atoms with Crippen LogP contribution in [0.3, 0.4) is 0 Å². The second-order valence-electron chi connectivity index (χ2n) is 5.52. The van der Waals surface area contributed by atoms with E-state index in [-0.39, 0.29) is 17.5 Å². The Kier molecular flexibility index (Phi) is 5.00. The first-order valence-electron chi connectivity index (χ1n) is 5.38. The molecule has 0 aliphatic carbocycles. The summed E-state index contributed by atoms with van der Waals surface area (Å²) in [7, 11) is -1.55. The lowest BCUT2D eigenvalue weighted by atomic mass is 9.94. The van der Waals surface area contributed by atoms with Crippen molar-refractivity contribution in [2.24, 2.45) is 5.92 Å². The van der Waals surface area contributed by atoms with Crippen LogP contribution in [0.25, 0.3) is 0 Å². The standard InChI is InChI=1S/C11H24O3Si/c1-9(8-13-10(2)12)11(3,4)14-15(5,6)7/h9H,8H2,1-7H3/t9-/m0/s1. The Labute approximate surface area is 94.3 Å². The number of carbonyl (C=O) groups excluding carboxylic acids is 1. The minimum absolute atomic E-state index is 0.202. The Morgan fingerprint density at radius 3 is 2.13 bits per heavy atom. The van der Waals surface area contributed by atoms with Gasteiger partial charge in [-0.05, 0) is 33.5 Å². The number of rotatable bonds is 5. The summed E-state index contributed by atoms with van der Waals surface area (Å²) in [6.45, 7) is 14.5. The summed E-state index contributed by atoms with van der Waals surface area (Å²) in [5.41, 5.74) is -0.236. The maximum absolute atomic E-state index is 10.7. The maximum Gasteiger partial charge on any atom is 0.302 e. The molecule has 0 aromatic carbocycles. The molecule has 0 unspecified atom stereocenters. The maximum atomic E-state index is 10.7. The van der Waals surface area contributed by atoms with Gasteiger partial charge in [-0.2, -0.15) is 0 Å². The van der Waals surface area contributed by atoms with Gasteiger partial charge in [0.2, 0.25) is 0 Å². The van der Waals surface area contributed by atoms with Crippen LogP contribution in [0.5, 0.6) is 0 Å². The average Bonchev–Trinajstić information content (AvgIpc) is 1.94. The highest BCUT2D eigenvalue weighted by atomic mass is 28.4. The first-order valence-corrected chi connectivity index (χ1v) is 8.79. The topological polar surface area (TPSA) is 35.5 Å². The van der Waals surface area contributed by atoms with Gasteiger partial charge >= 0.3 is 5.97 Å². The molecule has 0 N–H and O–H groups in total. The van der Waals surface area contributed by atoms with E-state index in [4.69, 9.17) is 9.16 Å². The Balaban J connectivity index is 4.25. The first kappa shape index (κ1) is 14.6. The summed E-state index contributed by atoms with van der Waals surface area (Å²) < 4.78 is 11.1. The van der Waals surface area contributed by atoms with Gasteiger partial charge < -0.3 is 9.16 Å². The minimum atomic E-state index is -1.55. The van der Waals surface area contributed by atoms with Crippen LogP contribution in [0.15, 0.2) is 0 Å². The fraction of sp³-hybridized carbons (Fsp3) is 0.909. The Morgan fingerprint density at radius 1 is 1.33 bits per heavy atom. The van der Waals surface area contributed by atoms with Gasteiger partial charge in [-0.25, -0.2) is 0 Å². The highest BCUT2D eigenvalue weighted by Crippen LogP contribution is 2.25. The number of esters is 1. The molecule has 0 heterocycles. The molecule has 0 spiro atoms. The molecule has 0 aromatic rings. The second kappa shape index (κ2) is 5.12. The van der Waals surface area contributed by atoms with Crippen molar-refractivity contribution in [3.63, 3.8) is 0 Å². The van der Waals surface area contributed by atoms with Gasteiger partial charge in [-0.3, -0.25) is 4.79 Å². The Hall–Kier alpha value is -0.353. The van der Waals surface area contributed by atoms with Crippen molar-refractivity contribution in [2.75, 3.05) is 6.61 Å². The van der Waals surface area contributed by atoms with Crippen molar-refractivity contribution in [1.82, 2.24) is 0 Å². The predicted molar refractivity (Wildman–Crippen MR) is 64.3 cm³/mol. The van der Waals surface area contributed by atoms with E-state index in [0.717, 1.165) is 0 Å². The smallest absolute Gasteiger partial charge is 0.302 e. The quantitative estimate of drug-likeness (QED) is 0.540. The van der Waals surface area contributed by atoms with Gasteiger partial charge in [0, 0.05) is 12.8 Å². The lowest BCUT2D eigenvalue weighted by molar-refractivity contribution is -0.144. The number of hydrogen-bond donors (Lipinski definition) is 0. The third-order valence-electron chi connectivity index (χ3n) is 2.29. The van der Waals surface area contributed by atoms with E-state index in [2.05, 4.69) is 33.5 Å². The third-order valence-corrected chi connectivity index (χ3v) is 3.43. The van der Waals surface area contributed by atoms with Crippen LogP contribution in [0.2, 0.25) is 19.6 Å².